The van der Waals surface area contributed by atoms with Gasteiger partial charge in [-0.15, -0.1) is 0 Å². The molecule has 160 valence electrons. The molecule has 2 fully saturated rings. The largest absolute Gasteiger partial charge is 0.341 e. The van der Waals surface area contributed by atoms with E-state index in [0.717, 1.165) is 50.4 Å². The van der Waals surface area contributed by atoms with E-state index in [1.54, 1.807) is 24.8 Å². The Labute approximate surface area is 185 Å². The molecule has 8 nitrogen and oxygen atoms in total. The van der Waals surface area contributed by atoms with E-state index in [1.807, 2.05) is 29.8 Å². The number of carbonyl (C=O) groups excluding carboxylic acids is 1. The van der Waals surface area contributed by atoms with Crippen molar-refractivity contribution >= 4 is 23.5 Å². The number of amides is 1. The van der Waals surface area contributed by atoms with Crippen LogP contribution in [0, 0.1) is 6.92 Å². The number of nitrogens with zero attached hydrogens (tertiary/aromatic N) is 7. The van der Waals surface area contributed by atoms with Crippen LogP contribution in [0.25, 0.3) is 5.82 Å². The minimum atomic E-state index is 0.0742. The summed E-state index contributed by atoms with van der Waals surface area (Å²) in [4.78, 5) is 35.0. The second kappa shape index (κ2) is 8.26. The summed E-state index contributed by atoms with van der Waals surface area (Å²) in [6, 6.07) is 4.31. The molecule has 4 heterocycles. The van der Waals surface area contributed by atoms with Crippen molar-refractivity contribution in [2.24, 2.45) is 0 Å². The van der Waals surface area contributed by atoms with Gasteiger partial charge in [0.25, 0.3) is 5.91 Å². The highest BCUT2D eigenvalue weighted by Crippen LogP contribution is 2.33. The minimum absolute atomic E-state index is 0.0742. The Morgan fingerprint density at radius 3 is 2.29 bits per heavy atom. The van der Waals surface area contributed by atoms with Crippen LogP contribution < -0.4 is 4.90 Å². The molecule has 1 saturated carbocycles. The normalized spacial score (nSPS) is 17.0. The van der Waals surface area contributed by atoms with Gasteiger partial charge in [-0.25, -0.2) is 19.9 Å². The predicted molar refractivity (Wildman–Crippen MR) is 118 cm³/mol. The monoisotopic (exact) mass is 437 g/mol. The van der Waals surface area contributed by atoms with Crippen molar-refractivity contribution in [2.45, 2.75) is 44.7 Å². The molecule has 9 heteroatoms. The molecule has 1 aliphatic heterocycles. The zero-order valence-electron chi connectivity index (χ0n) is 17.4. The molecule has 0 unspecified atom stereocenters. The first kappa shape index (κ1) is 19.9. The Balaban J connectivity index is 1.28. The summed E-state index contributed by atoms with van der Waals surface area (Å²) in [5, 5.41) is 0.534. The number of carbonyl (C=O) groups is 1. The quantitative estimate of drug-likeness (QED) is 0.609. The Bertz CT molecular complexity index is 1050. The van der Waals surface area contributed by atoms with E-state index in [2.05, 4.69) is 29.7 Å². The van der Waals surface area contributed by atoms with Crippen LogP contribution in [0.1, 0.15) is 41.9 Å². The van der Waals surface area contributed by atoms with Crippen molar-refractivity contribution in [1.82, 2.24) is 29.4 Å². The average molecular weight is 438 g/mol. The fourth-order valence-electron chi connectivity index (χ4n) is 4.22. The Morgan fingerprint density at radius 2 is 1.71 bits per heavy atom. The molecular weight excluding hydrogens is 414 g/mol. The first-order chi connectivity index (χ1) is 15.1. The number of halogens is 1. The van der Waals surface area contributed by atoms with Crippen LogP contribution in [-0.4, -0.2) is 60.5 Å². The average Bonchev–Trinajstić information content (AvgIpc) is 3.54. The number of imidazole rings is 1. The summed E-state index contributed by atoms with van der Waals surface area (Å²) < 4.78 is 1.90. The van der Waals surface area contributed by atoms with E-state index in [4.69, 9.17) is 11.6 Å². The van der Waals surface area contributed by atoms with Gasteiger partial charge in [0, 0.05) is 43.8 Å². The van der Waals surface area contributed by atoms with E-state index in [9.17, 15) is 4.79 Å². The van der Waals surface area contributed by atoms with Crippen LogP contribution in [0.3, 0.4) is 0 Å². The molecule has 1 aliphatic carbocycles. The number of aryl methyl sites for hydroxylation is 1. The van der Waals surface area contributed by atoms with E-state index >= 15 is 0 Å². The number of anilines is 1. The van der Waals surface area contributed by atoms with Gasteiger partial charge in [-0.3, -0.25) is 9.36 Å². The summed E-state index contributed by atoms with van der Waals surface area (Å²) in [6.07, 6.45) is 12.5. The van der Waals surface area contributed by atoms with E-state index in [0.29, 0.717) is 22.6 Å². The molecule has 3 aromatic rings. The second-order valence-electron chi connectivity index (χ2n) is 8.11. The maximum Gasteiger partial charge on any atom is 0.255 e. The van der Waals surface area contributed by atoms with Gasteiger partial charge in [-0.2, -0.15) is 0 Å². The summed E-state index contributed by atoms with van der Waals surface area (Å²) in [6.45, 7) is 3.57. The lowest BCUT2D eigenvalue weighted by molar-refractivity contribution is 0.0630. The standard InChI is InChI=1S/C22H24ClN7O/c1-15-24-8-11-29(15)20-5-2-16(12-25-20)21(31)30(18-3-4-18)19-6-9-28(10-7-19)22-26-13-17(23)14-27-22/h2,5,8,11-14,18-19H,3-4,6-7,9-10H2,1H3. The van der Waals surface area contributed by atoms with Gasteiger partial charge in [0.2, 0.25) is 5.95 Å². The van der Waals surface area contributed by atoms with Crippen LogP contribution in [0.4, 0.5) is 5.95 Å². The van der Waals surface area contributed by atoms with Gasteiger partial charge in [0.15, 0.2) is 0 Å². The molecule has 0 aromatic carbocycles. The van der Waals surface area contributed by atoms with Crippen LogP contribution in [0.2, 0.25) is 5.02 Å². The molecule has 5 rings (SSSR count). The van der Waals surface area contributed by atoms with Gasteiger partial charge in [-0.1, -0.05) is 11.6 Å². The molecule has 0 atom stereocenters. The lowest BCUT2D eigenvalue weighted by atomic mass is 10.0. The number of piperidine rings is 1. The van der Waals surface area contributed by atoms with Gasteiger partial charge in [-0.05, 0) is 44.7 Å². The molecule has 1 saturated heterocycles. The van der Waals surface area contributed by atoms with Crippen molar-refractivity contribution in [3.8, 4) is 5.82 Å². The molecule has 0 spiro atoms. The third-order valence-electron chi connectivity index (χ3n) is 5.99. The van der Waals surface area contributed by atoms with E-state index < -0.39 is 0 Å². The van der Waals surface area contributed by atoms with Crippen molar-refractivity contribution < 1.29 is 4.79 Å². The molecule has 0 bridgehead atoms. The lowest BCUT2D eigenvalue weighted by Crippen LogP contribution is -2.48. The minimum Gasteiger partial charge on any atom is -0.341 e. The van der Waals surface area contributed by atoms with Gasteiger partial charge >= 0.3 is 0 Å². The Hall–Kier alpha value is -3.00. The highest BCUT2D eigenvalue weighted by molar-refractivity contribution is 6.30. The molecule has 0 radical (unpaired) electrons. The maximum absolute atomic E-state index is 13.4. The van der Waals surface area contributed by atoms with E-state index in [1.165, 1.54) is 0 Å². The number of rotatable bonds is 5. The van der Waals surface area contributed by atoms with Gasteiger partial charge in [0.05, 0.1) is 23.0 Å². The highest BCUT2D eigenvalue weighted by atomic mass is 35.5. The maximum atomic E-state index is 13.4. The summed E-state index contributed by atoms with van der Waals surface area (Å²) in [7, 11) is 0. The van der Waals surface area contributed by atoms with Crippen LogP contribution in [0.5, 0.6) is 0 Å². The number of aromatic nitrogens is 5. The molecule has 0 N–H and O–H groups in total. The van der Waals surface area contributed by atoms with Crippen molar-refractivity contribution in [3.05, 3.63) is 59.5 Å². The second-order valence-corrected chi connectivity index (χ2v) is 8.55. The predicted octanol–water partition coefficient (Wildman–Crippen LogP) is 3.29. The van der Waals surface area contributed by atoms with Crippen molar-refractivity contribution in [1.29, 1.82) is 0 Å². The zero-order valence-corrected chi connectivity index (χ0v) is 18.1. The van der Waals surface area contributed by atoms with Gasteiger partial charge in [0.1, 0.15) is 11.6 Å². The first-order valence-electron chi connectivity index (χ1n) is 10.6. The summed E-state index contributed by atoms with van der Waals surface area (Å²) in [5.41, 5.74) is 0.636. The van der Waals surface area contributed by atoms with Crippen LogP contribution >= 0.6 is 11.6 Å². The first-order valence-corrected chi connectivity index (χ1v) is 11.0. The van der Waals surface area contributed by atoms with E-state index in [-0.39, 0.29) is 11.9 Å². The number of pyridine rings is 1. The number of hydrogen-bond acceptors (Lipinski definition) is 6. The molecular formula is C22H24ClN7O. The fourth-order valence-corrected chi connectivity index (χ4v) is 4.32. The number of hydrogen-bond donors (Lipinski definition) is 0. The molecule has 3 aromatic heterocycles. The van der Waals surface area contributed by atoms with Crippen molar-refractivity contribution in [3.63, 3.8) is 0 Å². The Morgan fingerprint density at radius 1 is 1.00 bits per heavy atom. The lowest BCUT2D eigenvalue weighted by Gasteiger charge is -2.38. The molecule has 31 heavy (non-hydrogen) atoms. The summed E-state index contributed by atoms with van der Waals surface area (Å²) >= 11 is 5.90. The van der Waals surface area contributed by atoms with Crippen LogP contribution in [-0.2, 0) is 0 Å². The highest BCUT2D eigenvalue weighted by Gasteiger charge is 2.39. The molecule has 1 amide bonds. The third-order valence-corrected chi connectivity index (χ3v) is 6.18. The topological polar surface area (TPSA) is 80.0 Å². The summed E-state index contributed by atoms with van der Waals surface area (Å²) in [5.74, 6) is 2.40. The fraction of sp³-hybridized carbons (Fsp3) is 0.409. The third kappa shape index (κ3) is 4.12. The SMILES string of the molecule is Cc1nccn1-c1ccc(C(=O)N(C2CC2)C2CCN(c3ncc(Cl)cn3)CC2)cn1. The smallest absolute Gasteiger partial charge is 0.255 e. The molecule has 2 aliphatic rings. The zero-order chi connectivity index (χ0) is 21.4. The van der Waals surface area contributed by atoms with Crippen LogP contribution in [0.15, 0.2) is 43.1 Å². The van der Waals surface area contributed by atoms with Gasteiger partial charge < -0.3 is 9.80 Å². The van der Waals surface area contributed by atoms with Crippen molar-refractivity contribution in [2.75, 3.05) is 18.0 Å². The Kier molecular flexibility index (Phi) is 5.31.